The highest BCUT2D eigenvalue weighted by Crippen LogP contribution is 2.16. The third-order valence-electron chi connectivity index (χ3n) is 4.29. The predicted octanol–water partition coefficient (Wildman–Crippen LogP) is 2.04. The van der Waals surface area contributed by atoms with Crippen molar-refractivity contribution in [1.29, 1.82) is 0 Å². The first kappa shape index (κ1) is 17.6. The van der Waals surface area contributed by atoms with Crippen molar-refractivity contribution in [2.75, 3.05) is 0 Å². The van der Waals surface area contributed by atoms with Crippen molar-refractivity contribution in [3.8, 4) is 5.69 Å². The fourth-order valence-corrected chi connectivity index (χ4v) is 2.96. The molecule has 0 bridgehead atoms. The van der Waals surface area contributed by atoms with E-state index in [4.69, 9.17) is 0 Å². The molecule has 0 spiro atoms. The number of amides is 1. The number of halogens is 1. The maximum atomic E-state index is 13.3. The smallest absolute Gasteiger partial charge is 0.335 e. The lowest BCUT2D eigenvalue weighted by atomic mass is 10.3. The van der Waals surface area contributed by atoms with Gasteiger partial charge < -0.3 is 5.32 Å². The maximum Gasteiger partial charge on any atom is 0.335 e. The van der Waals surface area contributed by atoms with Gasteiger partial charge in [-0.25, -0.2) is 18.7 Å². The van der Waals surface area contributed by atoms with Gasteiger partial charge in [-0.3, -0.25) is 14.3 Å². The Kier molecular flexibility index (Phi) is 4.67. The van der Waals surface area contributed by atoms with E-state index < -0.39 is 11.5 Å². The van der Waals surface area contributed by atoms with Crippen LogP contribution in [0.3, 0.4) is 0 Å². The van der Waals surface area contributed by atoms with E-state index in [-0.39, 0.29) is 12.5 Å². The van der Waals surface area contributed by atoms with Crippen LogP contribution in [-0.4, -0.2) is 25.0 Å². The molecule has 0 aliphatic rings. The van der Waals surface area contributed by atoms with Gasteiger partial charge in [-0.05, 0) is 48.0 Å². The summed E-state index contributed by atoms with van der Waals surface area (Å²) >= 11 is 0. The second-order valence-electron chi connectivity index (χ2n) is 6.16. The van der Waals surface area contributed by atoms with Gasteiger partial charge in [0.05, 0.1) is 11.2 Å². The molecule has 0 aliphatic carbocycles. The molecule has 0 radical (unpaired) electrons. The Morgan fingerprint density at radius 3 is 2.61 bits per heavy atom. The Bertz CT molecular complexity index is 1180. The van der Waals surface area contributed by atoms with E-state index in [1.807, 2.05) is 6.07 Å². The van der Waals surface area contributed by atoms with Crippen molar-refractivity contribution in [2.24, 2.45) is 0 Å². The molecular formula is C20H16FN5O2. The summed E-state index contributed by atoms with van der Waals surface area (Å²) in [6, 6.07) is 12.6. The molecule has 140 valence electrons. The number of pyridine rings is 2. The zero-order valence-electron chi connectivity index (χ0n) is 14.7. The van der Waals surface area contributed by atoms with Crippen molar-refractivity contribution in [3.05, 3.63) is 89.0 Å². The topological polar surface area (TPSA) is 81.8 Å². The largest absolute Gasteiger partial charge is 0.350 e. The van der Waals surface area contributed by atoms with E-state index in [0.717, 1.165) is 5.56 Å². The van der Waals surface area contributed by atoms with Crippen LogP contribution in [0.2, 0.25) is 0 Å². The number of carbonyl (C=O) groups is 1. The van der Waals surface area contributed by atoms with Gasteiger partial charge in [-0.2, -0.15) is 0 Å². The third-order valence-corrected chi connectivity index (χ3v) is 4.29. The molecular weight excluding hydrogens is 361 g/mol. The number of nitrogens with zero attached hydrogens (tertiary/aromatic N) is 4. The van der Waals surface area contributed by atoms with Gasteiger partial charge in [0.15, 0.2) is 5.65 Å². The fourth-order valence-electron chi connectivity index (χ4n) is 2.96. The lowest BCUT2D eigenvalue weighted by Crippen LogP contribution is -2.32. The number of fused-ring (bicyclic) bond motifs is 1. The number of hydrogen-bond donors (Lipinski definition) is 1. The number of hydrogen-bond acceptors (Lipinski definition) is 4. The molecule has 0 saturated heterocycles. The van der Waals surface area contributed by atoms with E-state index in [1.165, 1.54) is 33.4 Å². The van der Waals surface area contributed by atoms with Crippen molar-refractivity contribution in [1.82, 2.24) is 24.4 Å². The lowest BCUT2D eigenvalue weighted by molar-refractivity contribution is -0.121. The zero-order chi connectivity index (χ0) is 19.5. The molecule has 0 fully saturated rings. The van der Waals surface area contributed by atoms with Crippen LogP contribution < -0.4 is 11.0 Å². The Labute approximate surface area is 159 Å². The van der Waals surface area contributed by atoms with E-state index >= 15 is 0 Å². The highest BCUT2D eigenvalue weighted by molar-refractivity contribution is 5.80. The van der Waals surface area contributed by atoms with Crippen LogP contribution in [0.15, 0.2) is 71.9 Å². The van der Waals surface area contributed by atoms with Gasteiger partial charge in [0, 0.05) is 25.1 Å². The summed E-state index contributed by atoms with van der Waals surface area (Å²) in [5, 5.41) is 2.78. The molecule has 0 aliphatic heterocycles. The van der Waals surface area contributed by atoms with Crippen molar-refractivity contribution < 1.29 is 9.18 Å². The minimum absolute atomic E-state index is 0.157. The van der Waals surface area contributed by atoms with Gasteiger partial charge in [0.2, 0.25) is 5.91 Å². The minimum atomic E-state index is -0.420. The molecule has 0 atom stereocenters. The summed E-state index contributed by atoms with van der Waals surface area (Å²) in [6.45, 7) is 0.158. The van der Waals surface area contributed by atoms with Gasteiger partial charge in [0.1, 0.15) is 12.4 Å². The molecule has 1 N–H and O–H groups in total. The third kappa shape index (κ3) is 3.39. The van der Waals surface area contributed by atoms with E-state index in [0.29, 0.717) is 23.4 Å². The summed E-state index contributed by atoms with van der Waals surface area (Å²) in [4.78, 5) is 33.7. The van der Waals surface area contributed by atoms with Crippen LogP contribution in [0.1, 0.15) is 5.56 Å². The highest BCUT2D eigenvalue weighted by Gasteiger charge is 2.17. The molecule has 28 heavy (non-hydrogen) atoms. The zero-order valence-corrected chi connectivity index (χ0v) is 14.7. The van der Waals surface area contributed by atoms with Crippen LogP contribution in [0.4, 0.5) is 4.39 Å². The van der Waals surface area contributed by atoms with Gasteiger partial charge in [0.25, 0.3) is 0 Å². The summed E-state index contributed by atoms with van der Waals surface area (Å²) < 4.78 is 16.0. The molecule has 0 unspecified atom stereocenters. The molecule has 4 rings (SSSR count). The van der Waals surface area contributed by atoms with Crippen LogP contribution in [0.5, 0.6) is 0 Å². The van der Waals surface area contributed by atoms with Crippen LogP contribution in [0, 0.1) is 5.82 Å². The van der Waals surface area contributed by atoms with Gasteiger partial charge in [-0.15, -0.1) is 0 Å². The molecule has 3 heterocycles. The number of rotatable bonds is 5. The first-order valence-electron chi connectivity index (χ1n) is 8.61. The number of benzene rings is 1. The second-order valence-corrected chi connectivity index (χ2v) is 6.16. The van der Waals surface area contributed by atoms with Crippen molar-refractivity contribution >= 4 is 17.1 Å². The minimum Gasteiger partial charge on any atom is -0.350 e. The fraction of sp³-hybridized carbons (Fsp3) is 0.100. The highest BCUT2D eigenvalue weighted by atomic mass is 19.1. The Hall–Kier alpha value is -3.81. The van der Waals surface area contributed by atoms with Crippen LogP contribution in [0.25, 0.3) is 16.9 Å². The van der Waals surface area contributed by atoms with Gasteiger partial charge in [-0.1, -0.05) is 6.07 Å². The monoisotopic (exact) mass is 377 g/mol. The SMILES string of the molecule is O=C(Cn1c(=O)n(-c2ccc(F)cc2)c2ncccc21)NCc1cccnc1. The molecule has 1 aromatic carbocycles. The molecule has 8 heteroatoms. The Morgan fingerprint density at radius 1 is 1.07 bits per heavy atom. The summed E-state index contributed by atoms with van der Waals surface area (Å²) in [7, 11) is 0. The number of imidazole rings is 1. The normalized spacial score (nSPS) is 10.9. The van der Waals surface area contributed by atoms with E-state index in [2.05, 4.69) is 15.3 Å². The average molecular weight is 377 g/mol. The summed E-state index contributed by atoms with van der Waals surface area (Å²) in [5.41, 5.74) is 1.84. The molecule has 7 nitrogen and oxygen atoms in total. The molecule has 3 aromatic heterocycles. The number of aromatic nitrogens is 4. The van der Waals surface area contributed by atoms with Gasteiger partial charge >= 0.3 is 5.69 Å². The standard InChI is InChI=1S/C20H16FN5O2/c21-15-5-7-16(8-6-15)26-19-17(4-2-10-23-19)25(20(26)28)13-18(27)24-12-14-3-1-9-22-11-14/h1-11H,12-13H2,(H,24,27). The first-order chi connectivity index (χ1) is 13.6. The molecule has 0 saturated carbocycles. The molecule has 4 aromatic rings. The van der Waals surface area contributed by atoms with E-state index in [1.54, 1.807) is 36.8 Å². The Morgan fingerprint density at radius 2 is 1.86 bits per heavy atom. The predicted molar refractivity (Wildman–Crippen MR) is 101 cm³/mol. The lowest BCUT2D eigenvalue weighted by Gasteiger charge is -2.06. The maximum absolute atomic E-state index is 13.3. The first-order valence-corrected chi connectivity index (χ1v) is 8.61. The quantitative estimate of drug-likeness (QED) is 0.577. The van der Waals surface area contributed by atoms with Crippen LogP contribution in [-0.2, 0) is 17.9 Å². The van der Waals surface area contributed by atoms with Crippen molar-refractivity contribution in [2.45, 2.75) is 13.1 Å². The van der Waals surface area contributed by atoms with Crippen molar-refractivity contribution in [3.63, 3.8) is 0 Å². The number of nitrogens with one attached hydrogen (secondary N) is 1. The second kappa shape index (κ2) is 7.43. The summed E-state index contributed by atoms with van der Waals surface area (Å²) in [6.07, 6.45) is 4.88. The van der Waals surface area contributed by atoms with E-state index in [9.17, 15) is 14.0 Å². The Balaban J connectivity index is 1.66. The average Bonchev–Trinajstić information content (AvgIpc) is 3.00. The molecule has 1 amide bonds. The summed E-state index contributed by atoms with van der Waals surface area (Å²) in [5.74, 6) is -0.712. The number of carbonyl (C=O) groups excluding carboxylic acids is 1. The van der Waals surface area contributed by atoms with Crippen LogP contribution >= 0.6 is 0 Å².